The summed E-state index contributed by atoms with van der Waals surface area (Å²) in [6.07, 6.45) is 10.5. The van der Waals surface area contributed by atoms with Crippen molar-refractivity contribution in [2.45, 2.75) is 64.9 Å². The largest absolute Gasteiger partial charge is 0.455 e. The van der Waals surface area contributed by atoms with E-state index in [9.17, 15) is 4.79 Å². The van der Waals surface area contributed by atoms with E-state index in [1.807, 2.05) is 6.92 Å². The summed E-state index contributed by atoms with van der Waals surface area (Å²) < 4.78 is 5.04. The van der Waals surface area contributed by atoms with Crippen molar-refractivity contribution in [2.75, 3.05) is 0 Å². The van der Waals surface area contributed by atoms with Crippen molar-refractivity contribution < 1.29 is 9.53 Å². The number of hydrogen-bond acceptors (Lipinski definition) is 2. The molecule has 86 valence electrons. The first-order valence-electron chi connectivity index (χ1n) is 6.15. The van der Waals surface area contributed by atoms with Gasteiger partial charge in [0.1, 0.15) is 6.10 Å². The number of ether oxygens (including phenoxy) is 1. The van der Waals surface area contributed by atoms with Crippen LogP contribution >= 0.6 is 0 Å². The molecule has 0 saturated carbocycles. The molecule has 1 heterocycles. The van der Waals surface area contributed by atoms with E-state index in [-0.39, 0.29) is 12.1 Å². The minimum Gasteiger partial charge on any atom is -0.455 e. The van der Waals surface area contributed by atoms with Gasteiger partial charge in [-0.3, -0.25) is 0 Å². The molecule has 0 aromatic rings. The molecule has 0 bridgehead atoms. The van der Waals surface area contributed by atoms with Crippen LogP contribution in [-0.2, 0) is 9.53 Å². The van der Waals surface area contributed by atoms with Gasteiger partial charge in [0.15, 0.2) is 0 Å². The minimum absolute atomic E-state index is 0.0214. The lowest BCUT2D eigenvalue weighted by molar-refractivity contribution is -0.138. The van der Waals surface area contributed by atoms with Crippen LogP contribution < -0.4 is 0 Å². The molecule has 0 aromatic carbocycles. The number of rotatable bonds is 7. The van der Waals surface area contributed by atoms with Gasteiger partial charge >= 0.3 is 5.97 Å². The molecule has 0 radical (unpaired) electrons. The Balaban J connectivity index is 2.05. The molecular formula is C13H22O2. The standard InChI is InChI=1S/C13H22O2/c1-3-4-5-6-7-8-9-12-10-13(14)15-11(12)2/h10-11H,3-9H2,1-2H3. The average Bonchev–Trinajstić information content (AvgIpc) is 2.51. The topological polar surface area (TPSA) is 26.3 Å². The molecule has 2 nitrogen and oxygen atoms in total. The van der Waals surface area contributed by atoms with Crippen molar-refractivity contribution in [3.05, 3.63) is 11.6 Å². The third-order valence-corrected chi connectivity index (χ3v) is 2.94. The van der Waals surface area contributed by atoms with Crippen LogP contribution in [0.15, 0.2) is 11.6 Å². The number of carbonyl (C=O) groups excluding carboxylic acids is 1. The summed E-state index contributed by atoms with van der Waals surface area (Å²) >= 11 is 0. The van der Waals surface area contributed by atoms with Gasteiger partial charge in [0, 0.05) is 6.08 Å². The zero-order valence-electron chi connectivity index (χ0n) is 9.92. The second kappa shape index (κ2) is 6.65. The molecule has 0 aliphatic carbocycles. The predicted octanol–water partition coefficient (Wildman–Crippen LogP) is 3.61. The summed E-state index contributed by atoms with van der Waals surface area (Å²) in [5.41, 5.74) is 1.18. The summed E-state index contributed by atoms with van der Waals surface area (Å²) in [5.74, 6) is -0.163. The van der Waals surface area contributed by atoms with Gasteiger partial charge < -0.3 is 4.74 Å². The van der Waals surface area contributed by atoms with Crippen LogP contribution in [0.2, 0.25) is 0 Å². The van der Waals surface area contributed by atoms with E-state index in [1.165, 1.54) is 44.1 Å². The zero-order chi connectivity index (χ0) is 11.1. The van der Waals surface area contributed by atoms with E-state index in [2.05, 4.69) is 6.92 Å². The summed E-state index contributed by atoms with van der Waals surface area (Å²) in [7, 11) is 0. The van der Waals surface area contributed by atoms with Crippen LogP contribution in [-0.4, -0.2) is 12.1 Å². The molecular weight excluding hydrogens is 188 g/mol. The Kier molecular flexibility index (Phi) is 5.44. The van der Waals surface area contributed by atoms with Gasteiger partial charge in [-0.1, -0.05) is 39.0 Å². The Labute approximate surface area is 92.7 Å². The SMILES string of the molecule is CCCCCCCCC1=CC(=O)OC1C. The maximum absolute atomic E-state index is 10.9. The van der Waals surface area contributed by atoms with Crippen molar-refractivity contribution in [3.8, 4) is 0 Å². The maximum Gasteiger partial charge on any atom is 0.331 e. The summed E-state index contributed by atoms with van der Waals surface area (Å²) in [6, 6.07) is 0. The van der Waals surface area contributed by atoms with Gasteiger partial charge in [0.25, 0.3) is 0 Å². The Morgan fingerprint density at radius 1 is 1.20 bits per heavy atom. The van der Waals surface area contributed by atoms with E-state index < -0.39 is 0 Å². The maximum atomic E-state index is 10.9. The Hall–Kier alpha value is -0.790. The highest BCUT2D eigenvalue weighted by molar-refractivity contribution is 5.85. The molecule has 0 spiro atoms. The highest BCUT2D eigenvalue weighted by atomic mass is 16.5. The molecule has 0 saturated heterocycles. The third kappa shape index (κ3) is 4.50. The van der Waals surface area contributed by atoms with Crippen LogP contribution in [0.1, 0.15) is 58.8 Å². The van der Waals surface area contributed by atoms with E-state index >= 15 is 0 Å². The highest BCUT2D eigenvalue weighted by Crippen LogP contribution is 2.21. The van der Waals surface area contributed by atoms with Gasteiger partial charge in [-0.05, 0) is 25.3 Å². The molecule has 0 N–H and O–H groups in total. The molecule has 0 aromatic heterocycles. The molecule has 2 heteroatoms. The van der Waals surface area contributed by atoms with Crippen LogP contribution in [0.25, 0.3) is 0 Å². The molecule has 1 unspecified atom stereocenters. The van der Waals surface area contributed by atoms with Crippen molar-refractivity contribution >= 4 is 5.97 Å². The van der Waals surface area contributed by atoms with Gasteiger partial charge in [-0.2, -0.15) is 0 Å². The number of unbranched alkanes of at least 4 members (excludes halogenated alkanes) is 5. The predicted molar refractivity (Wildman–Crippen MR) is 61.6 cm³/mol. The summed E-state index contributed by atoms with van der Waals surface area (Å²) in [4.78, 5) is 10.9. The van der Waals surface area contributed by atoms with Crippen molar-refractivity contribution in [1.29, 1.82) is 0 Å². The molecule has 1 aliphatic rings. The van der Waals surface area contributed by atoms with E-state index in [4.69, 9.17) is 4.74 Å². The molecule has 0 fully saturated rings. The van der Waals surface area contributed by atoms with Gasteiger partial charge in [-0.15, -0.1) is 0 Å². The van der Waals surface area contributed by atoms with Crippen LogP contribution in [0.3, 0.4) is 0 Å². The van der Waals surface area contributed by atoms with Crippen molar-refractivity contribution in [3.63, 3.8) is 0 Å². The lowest BCUT2D eigenvalue weighted by Gasteiger charge is -2.07. The lowest BCUT2D eigenvalue weighted by Crippen LogP contribution is -2.05. The second-order valence-corrected chi connectivity index (χ2v) is 4.32. The summed E-state index contributed by atoms with van der Waals surface area (Å²) in [5, 5.41) is 0. The first kappa shape index (κ1) is 12.3. The summed E-state index contributed by atoms with van der Waals surface area (Å²) in [6.45, 7) is 4.18. The van der Waals surface area contributed by atoms with E-state index in [1.54, 1.807) is 6.08 Å². The molecule has 1 aliphatic heterocycles. The Morgan fingerprint density at radius 3 is 2.47 bits per heavy atom. The lowest BCUT2D eigenvalue weighted by atomic mass is 10.0. The minimum atomic E-state index is -0.163. The first-order valence-corrected chi connectivity index (χ1v) is 6.15. The van der Waals surface area contributed by atoms with Gasteiger partial charge in [0.05, 0.1) is 0 Å². The third-order valence-electron chi connectivity index (χ3n) is 2.94. The average molecular weight is 210 g/mol. The number of cyclic esters (lactones) is 1. The first-order chi connectivity index (χ1) is 7.24. The van der Waals surface area contributed by atoms with Crippen molar-refractivity contribution in [2.24, 2.45) is 0 Å². The number of carbonyl (C=O) groups is 1. The van der Waals surface area contributed by atoms with Crippen molar-refractivity contribution in [1.82, 2.24) is 0 Å². The molecule has 15 heavy (non-hydrogen) atoms. The smallest absolute Gasteiger partial charge is 0.331 e. The Bertz CT molecular complexity index is 231. The zero-order valence-corrected chi connectivity index (χ0v) is 9.92. The quantitative estimate of drug-likeness (QED) is 0.474. The van der Waals surface area contributed by atoms with E-state index in [0.29, 0.717) is 0 Å². The fraction of sp³-hybridized carbons (Fsp3) is 0.769. The second-order valence-electron chi connectivity index (χ2n) is 4.32. The molecule has 1 atom stereocenters. The highest BCUT2D eigenvalue weighted by Gasteiger charge is 2.20. The van der Waals surface area contributed by atoms with Crippen LogP contribution in [0, 0.1) is 0 Å². The fourth-order valence-electron chi connectivity index (χ4n) is 1.94. The number of esters is 1. The van der Waals surface area contributed by atoms with Crippen LogP contribution in [0.4, 0.5) is 0 Å². The molecule has 1 rings (SSSR count). The van der Waals surface area contributed by atoms with Crippen LogP contribution in [0.5, 0.6) is 0 Å². The van der Waals surface area contributed by atoms with Gasteiger partial charge in [-0.25, -0.2) is 4.79 Å². The monoisotopic (exact) mass is 210 g/mol. The Morgan fingerprint density at radius 2 is 1.87 bits per heavy atom. The molecule has 0 amide bonds. The number of hydrogen-bond donors (Lipinski definition) is 0. The normalized spacial score (nSPS) is 20.3. The van der Waals surface area contributed by atoms with E-state index in [0.717, 1.165) is 6.42 Å². The fourth-order valence-corrected chi connectivity index (χ4v) is 1.94. The van der Waals surface area contributed by atoms with Gasteiger partial charge in [0.2, 0.25) is 0 Å².